The van der Waals surface area contributed by atoms with Crippen LogP contribution >= 0.6 is 20.4 Å². The van der Waals surface area contributed by atoms with E-state index in [9.17, 15) is 0 Å². The van der Waals surface area contributed by atoms with Crippen molar-refractivity contribution in [2.45, 2.75) is 75.9 Å². The van der Waals surface area contributed by atoms with Gasteiger partial charge in [-0.3, -0.25) is 0 Å². The molecule has 160 valence electrons. The molecule has 0 aromatic rings. The van der Waals surface area contributed by atoms with Gasteiger partial charge in [0.25, 0.3) is 0 Å². The Labute approximate surface area is 180 Å². The Hall–Kier alpha value is 0.234. The van der Waals surface area contributed by atoms with Crippen LogP contribution in [-0.2, 0) is 12.7 Å². The zero-order valence-corrected chi connectivity index (χ0v) is 18.5. The molecule has 0 aromatic carbocycles. The molecule has 0 spiro atoms. The van der Waals surface area contributed by atoms with E-state index in [1.165, 1.54) is 63.5 Å². The molecule has 3 atom stereocenters. The van der Waals surface area contributed by atoms with Gasteiger partial charge >= 0.3 is 33.0 Å². The molecule has 4 heterocycles. The molecule has 0 amide bonds. The molecule has 4 aliphatic heterocycles. The van der Waals surface area contributed by atoms with Crippen molar-refractivity contribution in [1.29, 1.82) is 0 Å². The van der Waals surface area contributed by atoms with Gasteiger partial charge in [-0.25, -0.2) is 0 Å². The fourth-order valence-corrected chi connectivity index (χ4v) is 3.94. The minimum absolute atomic E-state index is 0.406. The number of piperidine rings is 3. The van der Waals surface area contributed by atoms with Gasteiger partial charge in [0.15, 0.2) is 0 Å². The van der Waals surface area contributed by atoms with Crippen molar-refractivity contribution < 1.29 is 12.7 Å². The zero-order valence-electron chi connectivity index (χ0n) is 16.0. The normalized spacial score (nSPS) is 30.7. The molecular formula is C20H32Cl2N4Ni-4. The maximum atomic E-state index is 4.70. The predicted octanol–water partition coefficient (Wildman–Crippen LogP) is 6.96. The predicted molar refractivity (Wildman–Crippen MR) is 115 cm³/mol. The van der Waals surface area contributed by atoms with Crippen molar-refractivity contribution in [3.63, 3.8) is 0 Å². The van der Waals surface area contributed by atoms with Gasteiger partial charge < -0.3 is 21.3 Å². The summed E-state index contributed by atoms with van der Waals surface area (Å²) in [6.45, 7) is 4.06. The third-order valence-corrected chi connectivity index (χ3v) is 5.35. The molecule has 0 radical (unpaired) electrons. The third-order valence-electron chi connectivity index (χ3n) is 5.35. The summed E-state index contributed by atoms with van der Waals surface area (Å²) in [4.78, 5) is 0. The Morgan fingerprint density at radius 1 is 0.778 bits per heavy atom. The second-order valence-corrected chi connectivity index (χ2v) is 8.89. The van der Waals surface area contributed by atoms with Crippen LogP contribution in [0.5, 0.6) is 0 Å². The number of allylic oxidation sites excluding steroid dienone is 2. The van der Waals surface area contributed by atoms with Crippen LogP contribution in [0.4, 0.5) is 0 Å². The maximum absolute atomic E-state index is 4.70. The summed E-state index contributed by atoms with van der Waals surface area (Å²) in [7, 11) is 9.40. The Morgan fingerprint density at radius 3 is 1.74 bits per heavy atom. The monoisotopic (exact) mass is 456 g/mol. The quantitative estimate of drug-likeness (QED) is 0.402. The van der Waals surface area contributed by atoms with E-state index < -0.39 is 0 Å². The van der Waals surface area contributed by atoms with Crippen LogP contribution in [0.15, 0.2) is 23.9 Å². The Balaban J connectivity index is 0.000000170. The third kappa shape index (κ3) is 9.52. The molecule has 4 aliphatic rings. The molecule has 27 heavy (non-hydrogen) atoms. The van der Waals surface area contributed by atoms with E-state index >= 15 is 0 Å². The van der Waals surface area contributed by atoms with Gasteiger partial charge in [-0.15, -0.1) is 38.3 Å². The molecule has 0 aliphatic carbocycles. The Kier molecular flexibility index (Phi) is 13.2. The standard InChI is InChI=1S/C10H18N2.C10H14N2.2ClH.Ni/c2*1-3-7-11-9(5-1)10-6-2-4-8-12-10;;;/h9-10H,1-8H2;1,3,5,10H,2,4,6-8H2;2*1H;/q2*-2;;;+2/p-2. The van der Waals surface area contributed by atoms with Gasteiger partial charge in [0.1, 0.15) is 0 Å². The first kappa shape index (κ1) is 23.5. The molecule has 3 fully saturated rings. The summed E-state index contributed by atoms with van der Waals surface area (Å²) < 4.78 is 0. The SMILES string of the molecule is C1=CC[N-]C(C2CCCC[N-]2)=C1.C1CCC(C2CCCC[N-]2)[N-]C1.[Cl][Ni][Cl]. The summed E-state index contributed by atoms with van der Waals surface area (Å²) in [5.41, 5.74) is 1.19. The van der Waals surface area contributed by atoms with Gasteiger partial charge in [0, 0.05) is 0 Å². The van der Waals surface area contributed by atoms with Crippen molar-refractivity contribution in [2.75, 3.05) is 26.2 Å². The van der Waals surface area contributed by atoms with E-state index in [4.69, 9.17) is 20.4 Å². The van der Waals surface area contributed by atoms with Crippen molar-refractivity contribution >= 4 is 20.4 Å². The fraction of sp³-hybridized carbons (Fsp3) is 0.800. The van der Waals surface area contributed by atoms with E-state index in [2.05, 4.69) is 39.5 Å². The van der Waals surface area contributed by atoms with Crippen LogP contribution in [-0.4, -0.2) is 44.3 Å². The van der Waals surface area contributed by atoms with Crippen LogP contribution in [0.25, 0.3) is 21.3 Å². The zero-order chi connectivity index (χ0) is 19.2. The molecule has 0 N–H and O–H groups in total. The number of rotatable bonds is 2. The molecule has 3 saturated heterocycles. The topological polar surface area (TPSA) is 56.4 Å². The molecule has 0 bridgehead atoms. The summed E-state index contributed by atoms with van der Waals surface area (Å²) in [5, 5.41) is 18.3. The van der Waals surface area contributed by atoms with Crippen LogP contribution in [0.2, 0.25) is 0 Å². The summed E-state index contributed by atoms with van der Waals surface area (Å²) in [5.74, 6) is 0. The number of hydrogen-bond donors (Lipinski definition) is 0. The Morgan fingerprint density at radius 2 is 1.33 bits per heavy atom. The van der Waals surface area contributed by atoms with Crippen LogP contribution in [0.1, 0.15) is 57.8 Å². The van der Waals surface area contributed by atoms with Gasteiger partial charge in [0.05, 0.1) is 0 Å². The van der Waals surface area contributed by atoms with E-state index in [1.54, 1.807) is 0 Å². The number of hydrogen-bond acceptors (Lipinski definition) is 0. The summed E-state index contributed by atoms with van der Waals surface area (Å²) in [6.07, 6.45) is 18.0. The second kappa shape index (κ2) is 15.1. The number of halogens is 2. The molecule has 4 nitrogen and oxygen atoms in total. The molecule has 3 unspecified atom stereocenters. The Bertz CT molecular complexity index is 414. The van der Waals surface area contributed by atoms with E-state index in [-0.39, 0.29) is 0 Å². The summed E-state index contributed by atoms with van der Waals surface area (Å²) in [6, 6.07) is 1.60. The molecule has 4 rings (SSSR count). The van der Waals surface area contributed by atoms with Gasteiger partial charge in [0.2, 0.25) is 0 Å². The van der Waals surface area contributed by atoms with E-state index in [0.717, 1.165) is 26.2 Å². The van der Waals surface area contributed by atoms with Crippen molar-refractivity contribution in [1.82, 2.24) is 0 Å². The average molecular weight is 458 g/mol. The average Bonchev–Trinajstić information content (AvgIpc) is 2.77. The molecule has 0 aromatic heterocycles. The fourth-order valence-electron chi connectivity index (χ4n) is 3.94. The van der Waals surface area contributed by atoms with Crippen molar-refractivity contribution in [3.05, 3.63) is 45.2 Å². The second-order valence-electron chi connectivity index (χ2n) is 7.26. The first-order chi connectivity index (χ1) is 13.3. The van der Waals surface area contributed by atoms with E-state index in [0.29, 0.717) is 30.8 Å². The number of nitrogens with zero attached hydrogens (tertiary/aromatic N) is 4. The van der Waals surface area contributed by atoms with Crippen LogP contribution in [0.3, 0.4) is 0 Å². The molecule has 7 heteroatoms. The first-order valence-electron chi connectivity index (χ1n) is 10.2. The van der Waals surface area contributed by atoms with Crippen LogP contribution in [0, 0.1) is 0 Å². The van der Waals surface area contributed by atoms with E-state index in [1.807, 2.05) is 0 Å². The van der Waals surface area contributed by atoms with Crippen molar-refractivity contribution in [3.8, 4) is 0 Å². The van der Waals surface area contributed by atoms with Crippen LogP contribution < -0.4 is 0 Å². The minimum atomic E-state index is 0.406. The molecular weight excluding hydrogens is 426 g/mol. The molecule has 0 saturated carbocycles. The summed E-state index contributed by atoms with van der Waals surface area (Å²) >= 11 is 0.569. The van der Waals surface area contributed by atoms with Gasteiger partial charge in [-0.1, -0.05) is 69.9 Å². The van der Waals surface area contributed by atoms with Crippen molar-refractivity contribution in [2.24, 2.45) is 0 Å². The van der Waals surface area contributed by atoms with Gasteiger partial charge in [-0.05, 0) is 0 Å². The van der Waals surface area contributed by atoms with Gasteiger partial charge in [-0.2, -0.15) is 17.8 Å². The first-order valence-corrected chi connectivity index (χ1v) is 12.9.